The van der Waals surface area contributed by atoms with Gasteiger partial charge in [0.25, 0.3) is 0 Å². The van der Waals surface area contributed by atoms with E-state index in [0.29, 0.717) is 28.0 Å². The fourth-order valence-corrected chi connectivity index (χ4v) is 3.71. The fourth-order valence-electron chi connectivity index (χ4n) is 2.75. The maximum atomic E-state index is 13.7. The Morgan fingerprint density at radius 2 is 2.04 bits per heavy atom. The number of anilines is 1. The summed E-state index contributed by atoms with van der Waals surface area (Å²) in [6.45, 7) is 3.67. The van der Waals surface area contributed by atoms with E-state index in [-0.39, 0.29) is 24.6 Å². The van der Waals surface area contributed by atoms with E-state index in [1.807, 2.05) is 25.1 Å². The number of benzene rings is 2. The second-order valence-corrected chi connectivity index (χ2v) is 7.50. The molecule has 2 aromatic heterocycles. The summed E-state index contributed by atoms with van der Waals surface area (Å²) in [6.07, 6.45) is 0.468. The summed E-state index contributed by atoms with van der Waals surface area (Å²) in [6, 6.07) is 10.7. The van der Waals surface area contributed by atoms with E-state index < -0.39 is 0 Å². The number of nitrogens with one attached hydrogen (secondary N) is 1. The van der Waals surface area contributed by atoms with E-state index in [9.17, 15) is 9.18 Å². The Morgan fingerprint density at radius 1 is 1.18 bits per heavy atom. The molecule has 28 heavy (non-hydrogen) atoms. The number of carbonyl (C=O) groups excluding carboxylic acids is 1. The van der Waals surface area contributed by atoms with Crippen molar-refractivity contribution < 1.29 is 13.7 Å². The van der Waals surface area contributed by atoms with Crippen molar-refractivity contribution in [2.45, 2.75) is 26.7 Å². The summed E-state index contributed by atoms with van der Waals surface area (Å²) in [7, 11) is 0. The number of hydrogen-bond donors (Lipinski definition) is 1. The van der Waals surface area contributed by atoms with Crippen LogP contribution in [0.4, 0.5) is 9.52 Å². The van der Waals surface area contributed by atoms with Crippen LogP contribution in [0.1, 0.15) is 23.4 Å². The summed E-state index contributed by atoms with van der Waals surface area (Å²) in [5.74, 6) is 0.120. The molecular formula is C20H17FN4O2S. The second kappa shape index (κ2) is 7.47. The predicted octanol–water partition coefficient (Wildman–Crippen LogP) is 4.67. The average Bonchev–Trinajstić information content (AvgIpc) is 3.30. The van der Waals surface area contributed by atoms with Crippen LogP contribution in [0.2, 0.25) is 0 Å². The van der Waals surface area contributed by atoms with Crippen LogP contribution in [0.15, 0.2) is 40.9 Å². The molecule has 6 nitrogen and oxygen atoms in total. The van der Waals surface area contributed by atoms with Gasteiger partial charge in [0.1, 0.15) is 5.82 Å². The standard InChI is InChI=1S/C20H17FN4O2S/c1-11-6-7-13(10-14(11)21)19-23-17(27-25-19)9-8-16(26)22-20-24-18-12(2)4-3-5-15(18)28-20/h3-7,10H,8-9H2,1-2H3,(H,22,24,26). The highest BCUT2D eigenvalue weighted by Gasteiger charge is 2.13. The van der Waals surface area contributed by atoms with Crippen LogP contribution in [0.3, 0.4) is 0 Å². The largest absolute Gasteiger partial charge is 0.339 e. The van der Waals surface area contributed by atoms with Crippen molar-refractivity contribution in [2.75, 3.05) is 5.32 Å². The Kier molecular flexibility index (Phi) is 4.87. The van der Waals surface area contributed by atoms with E-state index in [4.69, 9.17) is 4.52 Å². The third-order valence-corrected chi connectivity index (χ3v) is 5.27. The zero-order chi connectivity index (χ0) is 19.7. The second-order valence-electron chi connectivity index (χ2n) is 6.46. The molecule has 2 aromatic carbocycles. The maximum absolute atomic E-state index is 13.7. The van der Waals surface area contributed by atoms with Crippen LogP contribution < -0.4 is 5.32 Å². The number of thiazole rings is 1. The van der Waals surface area contributed by atoms with E-state index in [0.717, 1.165) is 15.8 Å². The van der Waals surface area contributed by atoms with Crippen LogP contribution in [0.5, 0.6) is 0 Å². The number of aromatic nitrogens is 3. The zero-order valence-electron chi connectivity index (χ0n) is 15.3. The highest BCUT2D eigenvalue weighted by molar-refractivity contribution is 7.22. The summed E-state index contributed by atoms with van der Waals surface area (Å²) in [4.78, 5) is 20.9. The molecular weight excluding hydrogens is 379 g/mol. The molecule has 0 bridgehead atoms. The van der Waals surface area contributed by atoms with Gasteiger partial charge in [-0.1, -0.05) is 40.8 Å². The van der Waals surface area contributed by atoms with Gasteiger partial charge in [-0.05, 0) is 37.1 Å². The molecule has 142 valence electrons. The van der Waals surface area contributed by atoms with E-state index in [1.165, 1.54) is 17.4 Å². The van der Waals surface area contributed by atoms with Crippen LogP contribution in [-0.4, -0.2) is 21.0 Å². The van der Waals surface area contributed by atoms with Gasteiger partial charge in [0.05, 0.1) is 10.2 Å². The Labute approximate surface area is 164 Å². The molecule has 0 aliphatic rings. The Balaban J connectivity index is 1.38. The first kappa shape index (κ1) is 18.2. The molecule has 0 saturated carbocycles. The Morgan fingerprint density at radius 3 is 2.82 bits per heavy atom. The number of fused-ring (bicyclic) bond motifs is 1. The molecule has 1 amide bonds. The zero-order valence-corrected chi connectivity index (χ0v) is 16.1. The number of amides is 1. The smallest absolute Gasteiger partial charge is 0.227 e. The topological polar surface area (TPSA) is 80.9 Å². The maximum Gasteiger partial charge on any atom is 0.227 e. The van der Waals surface area contributed by atoms with Crippen molar-refractivity contribution in [3.8, 4) is 11.4 Å². The molecule has 4 aromatic rings. The molecule has 8 heteroatoms. The summed E-state index contributed by atoms with van der Waals surface area (Å²) in [5, 5.41) is 7.24. The van der Waals surface area contributed by atoms with Crippen molar-refractivity contribution in [3.63, 3.8) is 0 Å². The third kappa shape index (κ3) is 3.77. The molecule has 0 fully saturated rings. The molecule has 0 saturated heterocycles. The molecule has 0 unspecified atom stereocenters. The third-order valence-electron chi connectivity index (χ3n) is 4.33. The number of rotatable bonds is 5. The van der Waals surface area contributed by atoms with Gasteiger partial charge >= 0.3 is 0 Å². The monoisotopic (exact) mass is 396 g/mol. The van der Waals surface area contributed by atoms with Crippen LogP contribution in [0, 0.1) is 19.7 Å². The lowest BCUT2D eigenvalue weighted by molar-refractivity contribution is -0.116. The predicted molar refractivity (Wildman–Crippen MR) is 106 cm³/mol. The highest BCUT2D eigenvalue weighted by atomic mass is 32.1. The van der Waals surface area contributed by atoms with Crippen molar-refractivity contribution in [3.05, 3.63) is 59.2 Å². The molecule has 0 atom stereocenters. The molecule has 0 radical (unpaired) electrons. The minimum absolute atomic E-state index is 0.179. The molecule has 1 N–H and O–H groups in total. The first-order valence-corrected chi connectivity index (χ1v) is 9.56. The minimum atomic E-state index is -0.325. The van der Waals surface area contributed by atoms with Gasteiger partial charge in [-0.15, -0.1) is 0 Å². The van der Waals surface area contributed by atoms with Gasteiger partial charge < -0.3 is 9.84 Å². The van der Waals surface area contributed by atoms with Crippen LogP contribution in [0.25, 0.3) is 21.6 Å². The van der Waals surface area contributed by atoms with E-state index in [1.54, 1.807) is 19.1 Å². The van der Waals surface area contributed by atoms with Crippen LogP contribution in [-0.2, 0) is 11.2 Å². The number of hydrogen-bond acceptors (Lipinski definition) is 6. The van der Waals surface area contributed by atoms with Gasteiger partial charge in [0, 0.05) is 18.4 Å². The van der Waals surface area contributed by atoms with Crippen molar-refractivity contribution in [1.82, 2.24) is 15.1 Å². The lowest BCUT2D eigenvalue weighted by atomic mass is 10.1. The lowest BCUT2D eigenvalue weighted by Crippen LogP contribution is -2.12. The Bertz CT molecular complexity index is 1170. The first-order chi connectivity index (χ1) is 13.5. The number of aryl methyl sites for hydroxylation is 3. The summed E-state index contributed by atoms with van der Waals surface area (Å²) < 4.78 is 19.9. The SMILES string of the molecule is Cc1ccc(-c2noc(CCC(=O)Nc3nc4c(C)cccc4s3)n2)cc1F. The molecule has 0 aliphatic heterocycles. The van der Waals surface area contributed by atoms with Gasteiger partial charge in [0.2, 0.25) is 17.6 Å². The Hall–Kier alpha value is -3.13. The first-order valence-electron chi connectivity index (χ1n) is 8.75. The van der Waals surface area contributed by atoms with Gasteiger partial charge in [-0.2, -0.15) is 4.98 Å². The highest BCUT2D eigenvalue weighted by Crippen LogP contribution is 2.28. The number of nitrogens with zero attached hydrogens (tertiary/aromatic N) is 3. The molecule has 0 aliphatic carbocycles. The number of para-hydroxylation sites is 1. The van der Waals surface area contributed by atoms with Crippen molar-refractivity contribution in [2.24, 2.45) is 0 Å². The number of halogens is 1. The van der Waals surface area contributed by atoms with Crippen molar-refractivity contribution >= 4 is 32.6 Å². The normalized spacial score (nSPS) is 11.1. The molecule has 4 rings (SSSR count). The average molecular weight is 396 g/mol. The van der Waals surface area contributed by atoms with E-state index >= 15 is 0 Å². The van der Waals surface area contributed by atoms with Gasteiger partial charge in [0.15, 0.2) is 5.13 Å². The van der Waals surface area contributed by atoms with E-state index in [2.05, 4.69) is 20.4 Å². The van der Waals surface area contributed by atoms with Crippen molar-refractivity contribution in [1.29, 1.82) is 0 Å². The molecule has 0 spiro atoms. The van der Waals surface area contributed by atoms with Gasteiger partial charge in [-0.25, -0.2) is 9.37 Å². The molecule has 2 heterocycles. The minimum Gasteiger partial charge on any atom is -0.339 e. The fraction of sp³-hybridized carbons (Fsp3) is 0.200. The summed E-state index contributed by atoms with van der Waals surface area (Å²) in [5.41, 5.74) is 3.05. The number of carbonyl (C=O) groups is 1. The van der Waals surface area contributed by atoms with Gasteiger partial charge in [-0.3, -0.25) is 4.79 Å². The lowest BCUT2D eigenvalue weighted by Gasteiger charge is -1.99. The quantitative estimate of drug-likeness (QED) is 0.530. The summed E-state index contributed by atoms with van der Waals surface area (Å²) >= 11 is 1.44. The van der Waals surface area contributed by atoms with Crippen LogP contribution >= 0.6 is 11.3 Å².